The fourth-order valence-electron chi connectivity index (χ4n) is 14.2. The molecule has 15 rings (SSSR count). The molecule has 86 heavy (non-hydrogen) atoms. The van der Waals surface area contributed by atoms with E-state index in [9.17, 15) is 0 Å². The van der Waals surface area contributed by atoms with Crippen molar-refractivity contribution in [1.29, 1.82) is 0 Å². The molecular formula is C80H77BN4O. The van der Waals surface area contributed by atoms with Gasteiger partial charge in [-0.3, -0.25) is 0 Å². The zero-order chi connectivity index (χ0) is 59.9. The molecule has 5 nitrogen and oxygen atoms in total. The van der Waals surface area contributed by atoms with E-state index in [0.29, 0.717) is 0 Å². The van der Waals surface area contributed by atoms with Crippen LogP contribution < -0.4 is 26.0 Å². The third-order valence-corrected chi connectivity index (χ3v) is 19.1. The molecule has 10 aromatic carbocycles. The summed E-state index contributed by atoms with van der Waals surface area (Å²) in [5.41, 5.74) is 24.1. The number of hydrogen-bond donors (Lipinski definition) is 0. The summed E-state index contributed by atoms with van der Waals surface area (Å²) < 4.78 is 15.1. The van der Waals surface area contributed by atoms with Crippen LogP contribution in [-0.4, -0.2) is 20.4 Å². The summed E-state index contributed by atoms with van der Waals surface area (Å²) in [6.45, 7) is 34.7. The Morgan fingerprint density at radius 2 is 0.756 bits per heavy atom. The highest BCUT2D eigenvalue weighted by Gasteiger charge is 2.43. The van der Waals surface area contributed by atoms with Crippen LogP contribution in [0.2, 0.25) is 0 Å². The first kappa shape index (κ1) is 54.0. The van der Waals surface area contributed by atoms with Gasteiger partial charge in [-0.25, -0.2) is 0 Å². The number of anilines is 3. The predicted octanol–water partition coefficient (Wildman–Crippen LogP) is 19.9. The minimum absolute atomic E-state index is 0.0301. The van der Waals surface area contributed by atoms with Crippen molar-refractivity contribution in [1.82, 2.24) is 13.7 Å². The van der Waals surface area contributed by atoms with Crippen molar-refractivity contribution < 1.29 is 4.74 Å². The smallest absolute Gasteiger partial charge is 0.256 e. The second-order valence-electron chi connectivity index (χ2n) is 30.0. The van der Waals surface area contributed by atoms with Gasteiger partial charge in [-0.15, -0.1) is 0 Å². The summed E-state index contributed by atoms with van der Waals surface area (Å²) in [6.07, 6.45) is 0. The van der Waals surface area contributed by atoms with Gasteiger partial charge < -0.3 is 23.3 Å². The highest BCUT2D eigenvalue weighted by molar-refractivity contribution is 6.99. The van der Waals surface area contributed by atoms with E-state index in [1.807, 2.05) is 0 Å². The van der Waals surface area contributed by atoms with Gasteiger partial charge in [0.25, 0.3) is 6.71 Å². The van der Waals surface area contributed by atoms with Gasteiger partial charge in [0.15, 0.2) is 0 Å². The van der Waals surface area contributed by atoms with Gasteiger partial charge in [0, 0.05) is 72.3 Å². The van der Waals surface area contributed by atoms with E-state index in [-0.39, 0.29) is 33.8 Å². The quantitative estimate of drug-likeness (QED) is 0.161. The summed E-state index contributed by atoms with van der Waals surface area (Å²) in [6, 6.07) is 74.3. The maximum absolute atomic E-state index is 7.44. The van der Waals surface area contributed by atoms with Crippen LogP contribution in [0.1, 0.15) is 132 Å². The number of fused-ring (bicyclic) bond motifs is 14. The summed E-state index contributed by atoms with van der Waals surface area (Å²) in [7, 11) is 0. The van der Waals surface area contributed by atoms with Crippen LogP contribution in [0.15, 0.2) is 194 Å². The molecule has 6 heteroatoms. The lowest BCUT2D eigenvalue weighted by atomic mass is 9.34. The van der Waals surface area contributed by atoms with E-state index in [4.69, 9.17) is 4.74 Å². The van der Waals surface area contributed by atoms with Gasteiger partial charge in [0.2, 0.25) is 0 Å². The summed E-state index contributed by atoms with van der Waals surface area (Å²) in [5.74, 6) is 1.81. The lowest BCUT2D eigenvalue weighted by Crippen LogP contribution is -2.58. The molecule has 0 N–H and O–H groups in total. The Labute approximate surface area is 507 Å². The van der Waals surface area contributed by atoms with E-state index in [1.54, 1.807) is 0 Å². The van der Waals surface area contributed by atoms with Crippen molar-refractivity contribution in [3.63, 3.8) is 0 Å². The second-order valence-corrected chi connectivity index (χ2v) is 30.0. The summed E-state index contributed by atoms with van der Waals surface area (Å²) in [4.78, 5) is 2.40. The second kappa shape index (κ2) is 18.4. The Hall–Kier alpha value is -8.74. The van der Waals surface area contributed by atoms with Crippen LogP contribution in [0.4, 0.5) is 17.1 Å². The number of ether oxygens (including phenoxy) is 1. The first-order valence-electron chi connectivity index (χ1n) is 31.0. The highest BCUT2D eigenvalue weighted by atomic mass is 16.5. The molecule has 0 unspecified atom stereocenters. The Morgan fingerprint density at radius 1 is 0.314 bits per heavy atom. The van der Waals surface area contributed by atoms with E-state index in [1.165, 1.54) is 87.6 Å². The Morgan fingerprint density at radius 3 is 1.29 bits per heavy atom. The Balaban J connectivity index is 0.995. The monoisotopic (exact) mass is 1120 g/mol. The predicted molar refractivity (Wildman–Crippen MR) is 369 cm³/mol. The average Bonchev–Trinajstić information content (AvgIpc) is 1.43. The SMILES string of the molecule is CC(C)(C)c1ccc(N(c2ccc(-n3c4ccccc4c4ccc5c6ccccc6n(-c6cc7c8c(c6)-n6c9ccc(C(C)(C)C)cc9c9cc(C(C)(C)C)cc(c96)B8c6cc(C(C)(C)C)ccc6O7)c5c43)cc2)c2ccc(C(C)(C)C)cc2)cc1. The van der Waals surface area contributed by atoms with Crippen LogP contribution >= 0.6 is 0 Å². The molecule has 5 heterocycles. The maximum atomic E-state index is 7.44. The normalized spacial score (nSPS) is 13.6. The molecule has 0 radical (unpaired) electrons. The van der Waals surface area contributed by atoms with E-state index in [0.717, 1.165) is 67.7 Å². The topological polar surface area (TPSA) is 27.3 Å². The molecule has 0 atom stereocenters. The first-order chi connectivity index (χ1) is 40.8. The van der Waals surface area contributed by atoms with Crippen molar-refractivity contribution >= 4 is 106 Å². The molecule has 0 saturated heterocycles. The largest absolute Gasteiger partial charge is 0.458 e. The van der Waals surface area contributed by atoms with E-state index in [2.05, 4.69) is 317 Å². The number of para-hydroxylation sites is 2. The third-order valence-electron chi connectivity index (χ3n) is 19.1. The summed E-state index contributed by atoms with van der Waals surface area (Å²) in [5, 5.41) is 7.42. The molecule has 2 aliphatic heterocycles. The number of rotatable bonds is 5. The molecule has 3 aromatic heterocycles. The minimum atomic E-state index is -0.0838. The fraction of sp³-hybridized carbons (Fsp3) is 0.250. The first-order valence-corrected chi connectivity index (χ1v) is 31.0. The molecule has 0 bridgehead atoms. The Bertz CT molecular complexity index is 4900. The van der Waals surface area contributed by atoms with Crippen molar-refractivity contribution in [3.8, 4) is 28.6 Å². The standard InChI is InChI=1S/C80H77BN4O/c1-76(2,3)48-24-30-53(31-25-48)82(54-32-26-49(27-33-54)77(4,5)6)55-34-36-56(37-35-55)83-66-22-18-16-20-58(66)60-38-39-61-59-21-17-19-23-67(59)84(75(61)74(60)83)57-46-69-72-71(47-57)86-70-41-29-51(79(10,11)12)44-64(70)81(72)65-45-52(80(13,14)15)43-63-62-42-50(78(7,8)9)28-40-68(62)85(69)73(63)65/h16-47H,1-15H3. The minimum Gasteiger partial charge on any atom is -0.458 e. The average molecular weight is 1120 g/mol. The number of hydrogen-bond acceptors (Lipinski definition) is 2. The van der Waals surface area contributed by atoms with Gasteiger partial charge >= 0.3 is 0 Å². The lowest BCUT2D eigenvalue weighted by Gasteiger charge is -2.35. The van der Waals surface area contributed by atoms with Gasteiger partial charge in [-0.1, -0.05) is 201 Å². The molecule has 13 aromatic rings. The Kier molecular flexibility index (Phi) is 11.5. The van der Waals surface area contributed by atoms with Crippen molar-refractivity contribution in [2.75, 3.05) is 4.90 Å². The van der Waals surface area contributed by atoms with E-state index < -0.39 is 0 Å². The molecule has 0 amide bonds. The third kappa shape index (κ3) is 8.25. The van der Waals surface area contributed by atoms with Crippen LogP contribution in [0.3, 0.4) is 0 Å². The number of benzene rings is 10. The molecule has 426 valence electrons. The van der Waals surface area contributed by atoms with Crippen molar-refractivity contribution in [3.05, 3.63) is 222 Å². The zero-order valence-corrected chi connectivity index (χ0v) is 52.7. The van der Waals surface area contributed by atoms with Crippen molar-refractivity contribution in [2.45, 2.75) is 131 Å². The van der Waals surface area contributed by atoms with Crippen LogP contribution in [-0.2, 0) is 27.1 Å². The zero-order valence-electron chi connectivity index (χ0n) is 52.7. The van der Waals surface area contributed by atoms with Gasteiger partial charge in [0.05, 0.1) is 33.3 Å². The molecule has 0 saturated carbocycles. The molecule has 0 fully saturated rings. The van der Waals surface area contributed by atoms with Crippen LogP contribution in [0.5, 0.6) is 11.5 Å². The van der Waals surface area contributed by atoms with Gasteiger partial charge in [-0.2, -0.15) is 0 Å². The van der Waals surface area contributed by atoms with Crippen LogP contribution in [0.25, 0.3) is 82.5 Å². The maximum Gasteiger partial charge on any atom is 0.256 e. The molecule has 0 spiro atoms. The van der Waals surface area contributed by atoms with Crippen molar-refractivity contribution in [2.24, 2.45) is 0 Å². The fourth-order valence-corrected chi connectivity index (χ4v) is 14.2. The molecule has 2 aliphatic rings. The van der Waals surface area contributed by atoms with Gasteiger partial charge in [0.1, 0.15) is 11.5 Å². The lowest BCUT2D eigenvalue weighted by molar-refractivity contribution is 0.486. The molecular weight excluding hydrogens is 1040 g/mol. The summed E-state index contributed by atoms with van der Waals surface area (Å²) >= 11 is 0. The van der Waals surface area contributed by atoms with E-state index >= 15 is 0 Å². The number of aromatic nitrogens is 3. The molecule has 0 aliphatic carbocycles. The van der Waals surface area contributed by atoms with Crippen LogP contribution in [0, 0.1) is 0 Å². The number of nitrogens with zero attached hydrogens (tertiary/aromatic N) is 4. The highest BCUT2D eigenvalue weighted by Crippen LogP contribution is 2.47. The van der Waals surface area contributed by atoms with Gasteiger partial charge in [-0.05, 0) is 162 Å².